The molecular weight excluding hydrogens is 296 g/mol. The lowest BCUT2D eigenvalue weighted by Crippen LogP contribution is -2.30. The highest BCUT2D eigenvalue weighted by molar-refractivity contribution is 7.89. The molecule has 2 N–H and O–H groups in total. The molecule has 0 saturated heterocycles. The number of rotatable bonds is 7. The Bertz CT molecular complexity index is 640. The lowest BCUT2D eigenvalue weighted by molar-refractivity contribution is -0.139. The Kier molecular flexibility index (Phi) is 6.07. The third kappa shape index (κ3) is 5.01. The fourth-order valence-corrected chi connectivity index (χ4v) is 2.43. The monoisotopic (exact) mass is 312 g/mol. The molecule has 1 amide bonds. The van der Waals surface area contributed by atoms with Crippen molar-refractivity contribution in [1.82, 2.24) is 10.0 Å². The van der Waals surface area contributed by atoms with Crippen molar-refractivity contribution in [2.75, 3.05) is 20.2 Å². The second-order valence-electron chi connectivity index (χ2n) is 3.93. The predicted molar refractivity (Wildman–Crippen MR) is 76.2 cm³/mol. The van der Waals surface area contributed by atoms with Crippen molar-refractivity contribution in [1.29, 1.82) is 0 Å². The minimum Gasteiger partial charge on any atom is -0.468 e. The lowest BCUT2D eigenvalue weighted by Gasteiger charge is -2.07. The van der Waals surface area contributed by atoms with Crippen LogP contribution in [-0.2, 0) is 19.6 Å². The van der Waals surface area contributed by atoms with E-state index in [1.807, 2.05) is 0 Å². The first-order chi connectivity index (χ1) is 9.90. The topological polar surface area (TPSA) is 102 Å². The van der Waals surface area contributed by atoms with Crippen molar-refractivity contribution in [3.63, 3.8) is 0 Å². The highest BCUT2D eigenvalue weighted by atomic mass is 32.2. The van der Waals surface area contributed by atoms with Crippen molar-refractivity contribution in [3.05, 3.63) is 42.5 Å². The van der Waals surface area contributed by atoms with Gasteiger partial charge in [-0.05, 0) is 18.2 Å². The van der Waals surface area contributed by atoms with Crippen molar-refractivity contribution in [2.24, 2.45) is 0 Å². The van der Waals surface area contributed by atoms with Gasteiger partial charge >= 0.3 is 5.97 Å². The minimum absolute atomic E-state index is 0.0462. The summed E-state index contributed by atoms with van der Waals surface area (Å²) >= 11 is 0. The van der Waals surface area contributed by atoms with E-state index in [1.165, 1.54) is 37.5 Å². The number of carbonyl (C=O) groups excluding carboxylic acids is 2. The van der Waals surface area contributed by atoms with Crippen LogP contribution in [0.4, 0.5) is 0 Å². The fraction of sp³-hybridized carbons (Fsp3) is 0.231. The Balaban J connectivity index is 2.87. The molecule has 0 aliphatic carbocycles. The van der Waals surface area contributed by atoms with E-state index in [-0.39, 0.29) is 23.5 Å². The van der Waals surface area contributed by atoms with Crippen molar-refractivity contribution in [2.45, 2.75) is 4.90 Å². The molecule has 0 spiro atoms. The van der Waals surface area contributed by atoms with Gasteiger partial charge in [-0.2, -0.15) is 0 Å². The zero-order chi connectivity index (χ0) is 15.9. The van der Waals surface area contributed by atoms with E-state index in [1.54, 1.807) is 0 Å². The Morgan fingerprint density at radius 1 is 1.38 bits per heavy atom. The number of esters is 1. The van der Waals surface area contributed by atoms with E-state index < -0.39 is 21.9 Å². The van der Waals surface area contributed by atoms with Gasteiger partial charge < -0.3 is 10.1 Å². The molecular formula is C13H16N2O5S. The summed E-state index contributed by atoms with van der Waals surface area (Å²) < 4.78 is 30.5. The largest absolute Gasteiger partial charge is 0.468 e. The highest BCUT2D eigenvalue weighted by Gasteiger charge is 2.15. The van der Waals surface area contributed by atoms with Crippen LogP contribution in [0.25, 0.3) is 0 Å². The van der Waals surface area contributed by atoms with Crippen LogP contribution in [0.2, 0.25) is 0 Å². The number of carbonyl (C=O) groups is 2. The van der Waals surface area contributed by atoms with E-state index in [0.29, 0.717) is 0 Å². The first-order valence-electron chi connectivity index (χ1n) is 5.96. The number of ether oxygens (including phenoxy) is 1. The van der Waals surface area contributed by atoms with Gasteiger partial charge in [0.1, 0.15) is 6.54 Å². The van der Waals surface area contributed by atoms with E-state index in [9.17, 15) is 18.0 Å². The molecule has 0 saturated carbocycles. The van der Waals surface area contributed by atoms with Gasteiger partial charge in [0.15, 0.2) is 0 Å². The summed E-state index contributed by atoms with van der Waals surface area (Å²) in [6.45, 7) is 3.21. The standard InChI is InChI=1S/C13H16N2O5S/c1-3-7-15-21(18,19)11-6-4-5-10(8-11)13(17)14-9-12(16)20-2/h3-6,8,15H,1,7,9H2,2H3,(H,14,17). The molecule has 0 aliphatic heterocycles. The molecule has 1 aromatic carbocycles. The Morgan fingerprint density at radius 3 is 2.71 bits per heavy atom. The molecule has 0 bridgehead atoms. The summed E-state index contributed by atoms with van der Waals surface area (Å²) in [5.74, 6) is -1.17. The maximum absolute atomic E-state index is 11.9. The minimum atomic E-state index is -3.71. The number of sulfonamides is 1. The van der Waals surface area contributed by atoms with Crippen LogP contribution in [-0.4, -0.2) is 40.5 Å². The molecule has 0 heterocycles. The van der Waals surface area contributed by atoms with Crippen LogP contribution in [0, 0.1) is 0 Å². The summed E-state index contributed by atoms with van der Waals surface area (Å²) in [6.07, 6.45) is 1.41. The van der Waals surface area contributed by atoms with Crippen LogP contribution in [0.15, 0.2) is 41.8 Å². The predicted octanol–water partition coefficient (Wildman–Crippen LogP) is 0.0537. The average Bonchev–Trinajstić information content (AvgIpc) is 2.50. The van der Waals surface area contributed by atoms with Gasteiger partial charge in [-0.25, -0.2) is 13.1 Å². The van der Waals surface area contributed by atoms with Gasteiger partial charge in [0.2, 0.25) is 10.0 Å². The fourth-order valence-electron chi connectivity index (χ4n) is 1.38. The van der Waals surface area contributed by atoms with Crippen LogP contribution in [0.1, 0.15) is 10.4 Å². The SMILES string of the molecule is C=CCNS(=O)(=O)c1cccc(C(=O)NCC(=O)OC)c1. The molecule has 8 heteroatoms. The highest BCUT2D eigenvalue weighted by Crippen LogP contribution is 2.11. The second-order valence-corrected chi connectivity index (χ2v) is 5.69. The van der Waals surface area contributed by atoms with Gasteiger partial charge in [-0.1, -0.05) is 12.1 Å². The molecule has 0 aromatic heterocycles. The number of hydrogen-bond donors (Lipinski definition) is 2. The summed E-state index contributed by atoms with van der Waals surface area (Å²) in [5, 5.41) is 2.33. The first-order valence-corrected chi connectivity index (χ1v) is 7.44. The zero-order valence-corrected chi connectivity index (χ0v) is 12.3. The molecule has 0 radical (unpaired) electrons. The van der Waals surface area contributed by atoms with Gasteiger partial charge in [0.05, 0.1) is 12.0 Å². The molecule has 0 aliphatic rings. The molecule has 1 aromatic rings. The quantitative estimate of drug-likeness (QED) is 0.547. The third-order valence-corrected chi connectivity index (χ3v) is 3.87. The van der Waals surface area contributed by atoms with Crippen LogP contribution in [0.5, 0.6) is 0 Å². The molecule has 21 heavy (non-hydrogen) atoms. The maximum atomic E-state index is 11.9. The normalized spacial score (nSPS) is 10.7. The number of nitrogens with one attached hydrogen (secondary N) is 2. The Morgan fingerprint density at radius 2 is 2.10 bits per heavy atom. The first kappa shape index (κ1) is 16.9. The van der Waals surface area contributed by atoms with Crippen LogP contribution < -0.4 is 10.0 Å². The van der Waals surface area contributed by atoms with Crippen molar-refractivity contribution >= 4 is 21.9 Å². The third-order valence-electron chi connectivity index (χ3n) is 2.45. The number of benzene rings is 1. The van der Waals surface area contributed by atoms with E-state index in [4.69, 9.17) is 0 Å². The van der Waals surface area contributed by atoms with Gasteiger partial charge in [0, 0.05) is 12.1 Å². The Labute approximate surface area is 123 Å². The maximum Gasteiger partial charge on any atom is 0.325 e. The lowest BCUT2D eigenvalue weighted by atomic mass is 10.2. The number of hydrogen-bond acceptors (Lipinski definition) is 5. The number of methoxy groups -OCH3 is 1. The molecule has 7 nitrogen and oxygen atoms in total. The molecule has 0 atom stereocenters. The zero-order valence-electron chi connectivity index (χ0n) is 11.5. The number of amides is 1. The summed E-state index contributed by atoms with van der Waals surface area (Å²) in [7, 11) is -2.51. The Hall–Kier alpha value is -2.19. The summed E-state index contributed by atoms with van der Waals surface area (Å²) in [4.78, 5) is 22.7. The summed E-state index contributed by atoms with van der Waals surface area (Å²) in [6, 6.07) is 5.47. The van der Waals surface area contributed by atoms with E-state index in [2.05, 4.69) is 21.4 Å². The average molecular weight is 312 g/mol. The van der Waals surface area contributed by atoms with Crippen molar-refractivity contribution < 1.29 is 22.7 Å². The van der Waals surface area contributed by atoms with E-state index in [0.717, 1.165) is 0 Å². The smallest absolute Gasteiger partial charge is 0.325 e. The van der Waals surface area contributed by atoms with Crippen LogP contribution in [0.3, 0.4) is 0 Å². The van der Waals surface area contributed by atoms with E-state index >= 15 is 0 Å². The van der Waals surface area contributed by atoms with Crippen molar-refractivity contribution in [3.8, 4) is 0 Å². The molecule has 114 valence electrons. The van der Waals surface area contributed by atoms with Gasteiger partial charge in [-0.15, -0.1) is 6.58 Å². The molecule has 0 unspecified atom stereocenters. The molecule has 1 rings (SSSR count). The second kappa shape index (κ2) is 7.55. The summed E-state index contributed by atoms with van der Waals surface area (Å²) in [5.41, 5.74) is 0.125. The van der Waals surface area contributed by atoms with Gasteiger partial charge in [-0.3, -0.25) is 9.59 Å². The molecule has 0 fully saturated rings. The van der Waals surface area contributed by atoms with Gasteiger partial charge in [0.25, 0.3) is 5.91 Å². The van der Waals surface area contributed by atoms with Crippen LogP contribution >= 0.6 is 0 Å².